The van der Waals surface area contributed by atoms with Crippen molar-refractivity contribution in [2.75, 3.05) is 6.61 Å². The topological polar surface area (TPSA) is 32.3 Å². The third kappa shape index (κ3) is 4.15. The lowest BCUT2D eigenvalue weighted by Gasteiger charge is -2.22. The van der Waals surface area contributed by atoms with E-state index in [1.807, 2.05) is 37.3 Å². The molecule has 0 aliphatic rings. The van der Waals surface area contributed by atoms with E-state index in [0.717, 1.165) is 12.0 Å². The van der Waals surface area contributed by atoms with Gasteiger partial charge in [-0.05, 0) is 36.6 Å². The molecular formula is C17H20FNO. The molecule has 2 N–H and O–H groups in total. The van der Waals surface area contributed by atoms with Gasteiger partial charge >= 0.3 is 0 Å². The maximum atomic E-state index is 12.9. The van der Waals surface area contributed by atoms with Crippen molar-refractivity contribution in [3.63, 3.8) is 0 Å². The van der Waals surface area contributed by atoms with Gasteiger partial charge in [0, 0.05) is 12.1 Å². The monoisotopic (exact) mass is 273 g/mol. The van der Waals surface area contributed by atoms with E-state index in [1.165, 1.54) is 17.7 Å². The SMILES string of the molecule is CC(N[C@@H](CO)Cc1ccccc1)c1ccc(F)cc1. The Bertz CT molecular complexity index is 512. The van der Waals surface area contributed by atoms with Gasteiger partial charge in [-0.15, -0.1) is 0 Å². The van der Waals surface area contributed by atoms with E-state index in [-0.39, 0.29) is 24.5 Å². The molecule has 1 unspecified atom stereocenters. The van der Waals surface area contributed by atoms with Gasteiger partial charge in [0.2, 0.25) is 0 Å². The zero-order valence-electron chi connectivity index (χ0n) is 11.6. The van der Waals surface area contributed by atoms with Gasteiger partial charge in [-0.3, -0.25) is 0 Å². The Hall–Kier alpha value is -1.71. The summed E-state index contributed by atoms with van der Waals surface area (Å²) in [4.78, 5) is 0. The van der Waals surface area contributed by atoms with E-state index in [2.05, 4.69) is 5.32 Å². The molecule has 0 amide bonds. The molecule has 0 aliphatic heterocycles. The van der Waals surface area contributed by atoms with Crippen LogP contribution in [0.4, 0.5) is 4.39 Å². The molecule has 2 rings (SSSR count). The standard InChI is InChI=1S/C17H20FNO/c1-13(15-7-9-16(18)10-8-15)19-17(12-20)11-14-5-3-2-4-6-14/h2-10,13,17,19-20H,11-12H2,1H3/t13?,17-/m1/s1. The highest BCUT2D eigenvalue weighted by atomic mass is 19.1. The molecule has 0 bridgehead atoms. The van der Waals surface area contributed by atoms with Gasteiger partial charge in [0.15, 0.2) is 0 Å². The van der Waals surface area contributed by atoms with E-state index in [4.69, 9.17) is 0 Å². The summed E-state index contributed by atoms with van der Waals surface area (Å²) in [7, 11) is 0. The highest BCUT2D eigenvalue weighted by Crippen LogP contribution is 2.14. The molecule has 0 heterocycles. The predicted molar refractivity (Wildman–Crippen MR) is 79.0 cm³/mol. The molecular weight excluding hydrogens is 253 g/mol. The molecule has 2 aromatic carbocycles. The minimum Gasteiger partial charge on any atom is -0.395 e. The number of benzene rings is 2. The molecule has 0 aromatic heterocycles. The molecule has 2 atom stereocenters. The molecule has 20 heavy (non-hydrogen) atoms. The molecule has 0 saturated carbocycles. The van der Waals surface area contributed by atoms with Crippen LogP contribution in [0, 0.1) is 5.82 Å². The van der Waals surface area contributed by atoms with Crippen LogP contribution in [0.3, 0.4) is 0 Å². The number of aliphatic hydroxyl groups is 1. The fourth-order valence-corrected chi connectivity index (χ4v) is 2.28. The molecule has 2 aromatic rings. The van der Waals surface area contributed by atoms with Gasteiger partial charge in [0.05, 0.1) is 6.61 Å². The lowest BCUT2D eigenvalue weighted by atomic mass is 10.0. The van der Waals surface area contributed by atoms with Crippen molar-refractivity contribution in [2.45, 2.75) is 25.4 Å². The van der Waals surface area contributed by atoms with Gasteiger partial charge in [0.25, 0.3) is 0 Å². The van der Waals surface area contributed by atoms with Gasteiger partial charge < -0.3 is 10.4 Å². The number of halogens is 1. The Morgan fingerprint density at radius 3 is 2.30 bits per heavy atom. The van der Waals surface area contributed by atoms with E-state index in [9.17, 15) is 9.50 Å². The number of hydrogen-bond donors (Lipinski definition) is 2. The summed E-state index contributed by atoms with van der Waals surface area (Å²) < 4.78 is 12.9. The van der Waals surface area contributed by atoms with Crippen LogP contribution in [0.5, 0.6) is 0 Å². The van der Waals surface area contributed by atoms with Crippen molar-refractivity contribution >= 4 is 0 Å². The van der Waals surface area contributed by atoms with Crippen LogP contribution in [-0.4, -0.2) is 17.8 Å². The fourth-order valence-electron chi connectivity index (χ4n) is 2.28. The van der Waals surface area contributed by atoms with E-state index in [0.29, 0.717) is 0 Å². The third-order valence-corrected chi connectivity index (χ3v) is 3.40. The second-order valence-electron chi connectivity index (χ2n) is 5.01. The van der Waals surface area contributed by atoms with Crippen molar-refractivity contribution in [3.8, 4) is 0 Å². The predicted octanol–water partition coefficient (Wildman–Crippen LogP) is 3.08. The fraction of sp³-hybridized carbons (Fsp3) is 0.294. The highest BCUT2D eigenvalue weighted by molar-refractivity contribution is 5.20. The Kier molecular flexibility index (Phi) is 5.27. The number of rotatable bonds is 6. The second-order valence-corrected chi connectivity index (χ2v) is 5.01. The van der Waals surface area contributed by atoms with Crippen LogP contribution in [0.15, 0.2) is 54.6 Å². The first-order chi connectivity index (χ1) is 9.69. The Morgan fingerprint density at radius 1 is 1.05 bits per heavy atom. The first-order valence-corrected chi connectivity index (χ1v) is 6.85. The normalized spacial score (nSPS) is 13.9. The summed E-state index contributed by atoms with van der Waals surface area (Å²) in [6.07, 6.45) is 0.767. The van der Waals surface area contributed by atoms with Crippen molar-refractivity contribution in [1.82, 2.24) is 5.32 Å². The lowest BCUT2D eigenvalue weighted by Crippen LogP contribution is -2.36. The average molecular weight is 273 g/mol. The number of hydrogen-bond acceptors (Lipinski definition) is 2. The Morgan fingerprint density at radius 2 is 1.70 bits per heavy atom. The van der Waals surface area contributed by atoms with E-state index in [1.54, 1.807) is 12.1 Å². The number of aliphatic hydroxyl groups excluding tert-OH is 1. The van der Waals surface area contributed by atoms with Gasteiger partial charge in [0.1, 0.15) is 5.82 Å². The highest BCUT2D eigenvalue weighted by Gasteiger charge is 2.13. The molecule has 106 valence electrons. The molecule has 0 radical (unpaired) electrons. The summed E-state index contributed by atoms with van der Waals surface area (Å²) in [6.45, 7) is 2.08. The zero-order valence-corrected chi connectivity index (χ0v) is 11.6. The van der Waals surface area contributed by atoms with Crippen LogP contribution in [-0.2, 0) is 6.42 Å². The van der Waals surface area contributed by atoms with Gasteiger partial charge in [-0.2, -0.15) is 0 Å². The van der Waals surface area contributed by atoms with Gasteiger partial charge in [-0.1, -0.05) is 42.5 Å². The summed E-state index contributed by atoms with van der Waals surface area (Å²) in [6, 6.07) is 16.6. The van der Waals surface area contributed by atoms with Crippen molar-refractivity contribution in [2.24, 2.45) is 0 Å². The molecule has 2 nitrogen and oxygen atoms in total. The lowest BCUT2D eigenvalue weighted by molar-refractivity contribution is 0.232. The molecule has 0 saturated heterocycles. The minimum absolute atomic E-state index is 0.0162. The van der Waals surface area contributed by atoms with Crippen LogP contribution < -0.4 is 5.32 Å². The molecule has 0 fully saturated rings. The summed E-state index contributed by atoms with van der Waals surface area (Å²) in [5.74, 6) is -0.232. The molecule has 3 heteroatoms. The van der Waals surface area contributed by atoms with Crippen molar-refractivity contribution < 1.29 is 9.50 Å². The summed E-state index contributed by atoms with van der Waals surface area (Å²) in [5.41, 5.74) is 2.20. The third-order valence-electron chi connectivity index (χ3n) is 3.40. The molecule has 0 spiro atoms. The van der Waals surface area contributed by atoms with E-state index < -0.39 is 0 Å². The van der Waals surface area contributed by atoms with Crippen molar-refractivity contribution in [3.05, 3.63) is 71.5 Å². The first kappa shape index (κ1) is 14.7. The maximum Gasteiger partial charge on any atom is 0.123 e. The summed E-state index contributed by atoms with van der Waals surface area (Å²) in [5, 5.41) is 12.9. The first-order valence-electron chi connectivity index (χ1n) is 6.85. The maximum absolute atomic E-state index is 12.9. The average Bonchev–Trinajstić information content (AvgIpc) is 2.48. The molecule has 0 aliphatic carbocycles. The largest absolute Gasteiger partial charge is 0.395 e. The van der Waals surface area contributed by atoms with Crippen molar-refractivity contribution in [1.29, 1.82) is 0 Å². The Labute approximate surface area is 119 Å². The van der Waals surface area contributed by atoms with Crippen LogP contribution >= 0.6 is 0 Å². The minimum atomic E-state index is -0.232. The van der Waals surface area contributed by atoms with Crippen LogP contribution in [0.25, 0.3) is 0 Å². The van der Waals surface area contributed by atoms with Crippen LogP contribution in [0.1, 0.15) is 24.1 Å². The van der Waals surface area contributed by atoms with Gasteiger partial charge in [-0.25, -0.2) is 4.39 Å². The smallest absolute Gasteiger partial charge is 0.123 e. The second kappa shape index (κ2) is 7.17. The zero-order chi connectivity index (χ0) is 14.4. The quantitative estimate of drug-likeness (QED) is 0.847. The van der Waals surface area contributed by atoms with E-state index >= 15 is 0 Å². The number of nitrogens with one attached hydrogen (secondary N) is 1. The Balaban J connectivity index is 1.97. The summed E-state index contributed by atoms with van der Waals surface area (Å²) >= 11 is 0. The van der Waals surface area contributed by atoms with Crippen LogP contribution in [0.2, 0.25) is 0 Å².